The van der Waals surface area contributed by atoms with Gasteiger partial charge in [0.25, 0.3) is 5.91 Å². The first-order valence-corrected chi connectivity index (χ1v) is 13.0. The van der Waals surface area contributed by atoms with Gasteiger partial charge in [-0.1, -0.05) is 24.3 Å². The summed E-state index contributed by atoms with van der Waals surface area (Å²) < 4.78 is 24.2. The Morgan fingerprint density at radius 2 is 1.31 bits per heavy atom. The Morgan fingerprint density at radius 3 is 1.75 bits per heavy atom. The van der Waals surface area contributed by atoms with E-state index < -0.39 is 14.6 Å². The van der Waals surface area contributed by atoms with E-state index in [4.69, 9.17) is 0 Å². The van der Waals surface area contributed by atoms with E-state index in [0.717, 1.165) is 35.1 Å². The third-order valence-electron chi connectivity index (χ3n) is 6.40. The smallest absolute Gasteiger partial charge is 0.252 e. The fourth-order valence-corrected chi connectivity index (χ4v) is 5.01. The molecule has 0 bridgehead atoms. The summed E-state index contributed by atoms with van der Waals surface area (Å²) >= 11 is 0. The molecule has 4 nitrogen and oxygen atoms in total. The predicted molar refractivity (Wildman–Crippen MR) is 134 cm³/mol. The summed E-state index contributed by atoms with van der Waals surface area (Å²) in [5.74, 6) is 0.0568. The van der Waals surface area contributed by atoms with Crippen LogP contribution in [0.4, 0.5) is 0 Å². The van der Waals surface area contributed by atoms with Gasteiger partial charge in [0.05, 0.1) is 10.5 Å². The third kappa shape index (κ3) is 5.80. The molecule has 0 spiro atoms. The molecule has 0 aliphatic heterocycles. The molecule has 0 saturated heterocycles. The van der Waals surface area contributed by atoms with E-state index in [0.29, 0.717) is 0 Å². The van der Waals surface area contributed by atoms with E-state index in [-0.39, 0.29) is 17.7 Å². The first kappa shape index (κ1) is 26.1. The lowest BCUT2D eigenvalue weighted by Crippen LogP contribution is -2.31. The van der Waals surface area contributed by atoms with Crippen molar-refractivity contribution < 1.29 is 13.2 Å². The molecule has 0 atom stereocenters. The van der Waals surface area contributed by atoms with Crippen LogP contribution in [0.1, 0.15) is 83.9 Å². The van der Waals surface area contributed by atoms with Crippen LogP contribution in [0.15, 0.2) is 24.3 Å². The van der Waals surface area contributed by atoms with Crippen molar-refractivity contribution >= 4 is 15.7 Å². The van der Waals surface area contributed by atoms with E-state index in [1.54, 1.807) is 20.8 Å². The fourth-order valence-electron chi connectivity index (χ4n) is 3.95. The number of carbonyl (C=O) groups is 1. The highest BCUT2D eigenvalue weighted by atomic mass is 32.2. The molecule has 0 heterocycles. The number of sulfone groups is 1. The van der Waals surface area contributed by atoms with Crippen molar-refractivity contribution in [2.75, 3.05) is 0 Å². The zero-order valence-corrected chi connectivity index (χ0v) is 22.0. The zero-order valence-electron chi connectivity index (χ0n) is 21.1. The Balaban J connectivity index is 2.22. The van der Waals surface area contributed by atoms with Crippen molar-refractivity contribution in [2.24, 2.45) is 0 Å². The standard InChI is InChI=1S/C27H39NO3S/c1-17(2)28-26(29)25-20(5)18(3)24(19(4)21(25)6)15-14-22-10-12-23(13-11-22)16-32(30,31)27(7,8)9/h10-13,17H,14-16H2,1-9H3,(H,28,29). The van der Waals surface area contributed by atoms with Crippen LogP contribution in [0.5, 0.6) is 0 Å². The van der Waals surface area contributed by atoms with E-state index in [1.165, 1.54) is 22.3 Å². The van der Waals surface area contributed by atoms with Gasteiger partial charge in [0, 0.05) is 11.6 Å². The van der Waals surface area contributed by atoms with Gasteiger partial charge >= 0.3 is 0 Å². The van der Waals surface area contributed by atoms with Crippen LogP contribution >= 0.6 is 0 Å². The van der Waals surface area contributed by atoms with Gasteiger partial charge in [0.1, 0.15) is 0 Å². The van der Waals surface area contributed by atoms with E-state index in [9.17, 15) is 13.2 Å². The Kier molecular flexibility index (Phi) is 7.98. The number of aryl methyl sites for hydroxylation is 1. The highest BCUT2D eigenvalue weighted by Gasteiger charge is 2.28. The summed E-state index contributed by atoms with van der Waals surface area (Å²) in [6, 6.07) is 8.01. The molecule has 0 radical (unpaired) electrons. The molecule has 0 fully saturated rings. The molecule has 0 saturated carbocycles. The summed E-state index contributed by atoms with van der Waals surface area (Å²) in [5, 5.41) is 3.02. The van der Waals surface area contributed by atoms with Gasteiger partial charge in [0.2, 0.25) is 0 Å². The van der Waals surface area contributed by atoms with Crippen LogP contribution in [0.3, 0.4) is 0 Å². The number of hydrogen-bond donors (Lipinski definition) is 1. The maximum atomic E-state index is 12.7. The molecule has 0 unspecified atom stereocenters. The minimum atomic E-state index is -3.19. The quantitative estimate of drug-likeness (QED) is 0.592. The Hall–Kier alpha value is -2.14. The van der Waals surface area contributed by atoms with Crippen molar-refractivity contribution in [1.29, 1.82) is 0 Å². The van der Waals surface area contributed by atoms with Gasteiger partial charge in [-0.25, -0.2) is 8.42 Å². The summed E-state index contributed by atoms with van der Waals surface area (Å²) in [6.07, 6.45) is 1.75. The van der Waals surface area contributed by atoms with Crippen molar-refractivity contribution in [3.8, 4) is 0 Å². The number of nitrogens with one attached hydrogen (secondary N) is 1. The first-order chi connectivity index (χ1) is 14.7. The topological polar surface area (TPSA) is 63.2 Å². The molecule has 0 aromatic heterocycles. The number of benzene rings is 2. The van der Waals surface area contributed by atoms with Crippen LogP contribution in [0, 0.1) is 27.7 Å². The van der Waals surface area contributed by atoms with E-state index in [1.807, 2.05) is 52.0 Å². The Morgan fingerprint density at radius 1 is 0.844 bits per heavy atom. The van der Waals surface area contributed by atoms with Gasteiger partial charge < -0.3 is 5.32 Å². The Labute approximate surface area is 194 Å². The molecule has 176 valence electrons. The summed E-state index contributed by atoms with van der Waals surface area (Å²) in [4.78, 5) is 12.7. The highest BCUT2D eigenvalue weighted by Crippen LogP contribution is 2.28. The normalized spacial score (nSPS) is 12.3. The molecule has 0 aliphatic rings. The predicted octanol–water partition coefficient (Wildman–Crippen LogP) is 5.56. The maximum absolute atomic E-state index is 12.7. The lowest BCUT2D eigenvalue weighted by atomic mass is 9.86. The van der Waals surface area contributed by atoms with E-state index in [2.05, 4.69) is 19.2 Å². The SMILES string of the molecule is Cc1c(C)c(C(=O)NC(C)C)c(C)c(C)c1CCc1ccc(CS(=O)(=O)C(C)(C)C)cc1. The monoisotopic (exact) mass is 457 g/mol. The van der Waals surface area contributed by atoms with Crippen LogP contribution in [-0.4, -0.2) is 25.1 Å². The fraction of sp³-hybridized carbons (Fsp3) is 0.519. The second-order valence-corrected chi connectivity index (χ2v) is 12.9. The molecule has 2 rings (SSSR count). The second-order valence-electron chi connectivity index (χ2n) is 10.2. The van der Waals surface area contributed by atoms with Gasteiger partial charge in [0.15, 0.2) is 9.84 Å². The van der Waals surface area contributed by atoms with Crippen molar-refractivity contribution in [3.05, 3.63) is 68.8 Å². The molecule has 1 amide bonds. The number of hydrogen-bond acceptors (Lipinski definition) is 3. The molecular weight excluding hydrogens is 418 g/mol. The molecule has 5 heteroatoms. The highest BCUT2D eigenvalue weighted by molar-refractivity contribution is 7.91. The largest absolute Gasteiger partial charge is 0.350 e. The lowest BCUT2D eigenvalue weighted by molar-refractivity contribution is 0.0941. The van der Waals surface area contributed by atoms with Crippen LogP contribution in [-0.2, 0) is 28.4 Å². The first-order valence-electron chi connectivity index (χ1n) is 11.4. The molecule has 0 aliphatic carbocycles. The van der Waals surface area contributed by atoms with Crippen molar-refractivity contribution in [3.63, 3.8) is 0 Å². The van der Waals surface area contributed by atoms with Gasteiger partial charge in [-0.2, -0.15) is 0 Å². The average molecular weight is 458 g/mol. The summed E-state index contributed by atoms with van der Waals surface area (Å²) in [6.45, 7) is 17.4. The van der Waals surface area contributed by atoms with Crippen LogP contribution < -0.4 is 5.32 Å². The third-order valence-corrected chi connectivity index (χ3v) is 8.98. The summed E-state index contributed by atoms with van der Waals surface area (Å²) in [7, 11) is -3.19. The van der Waals surface area contributed by atoms with Crippen molar-refractivity contribution in [1.82, 2.24) is 5.32 Å². The summed E-state index contributed by atoms with van der Waals surface area (Å²) in [5.41, 5.74) is 8.53. The second kappa shape index (κ2) is 9.78. The molecule has 2 aromatic carbocycles. The minimum absolute atomic E-state index is 0.00597. The van der Waals surface area contributed by atoms with E-state index >= 15 is 0 Å². The zero-order chi connectivity index (χ0) is 24.4. The van der Waals surface area contributed by atoms with Gasteiger partial charge in [-0.05, 0) is 114 Å². The minimum Gasteiger partial charge on any atom is -0.350 e. The maximum Gasteiger partial charge on any atom is 0.252 e. The molecular formula is C27H39NO3S. The number of amides is 1. The molecule has 32 heavy (non-hydrogen) atoms. The number of rotatable bonds is 7. The van der Waals surface area contributed by atoms with Crippen molar-refractivity contribution in [2.45, 2.75) is 91.7 Å². The lowest BCUT2D eigenvalue weighted by Gasteiger charge is -2.21. The number of carbonyl (C=O) groups excluding carboxylic acids is 1. The Bertz CT molecular complexity index is 1060. The van der Waals surface area contributed by atoms with Crippen LogP contribution in [0.2, 0.25) is 0 Å². The molecule has 2 aromatic rings. The van der Waals surface area contributed by atoms with Gasteiger partial charge in [-0.3, -0.25) is 4.79 Å². The molecule has 1 N–H and O–H groups in total. The van der Waals surface area contributed by atoms with Gasteiger partial charge in [-0.15, -0.1) is 0 Å². The van der Waals surface area contributed by atoms with Crippen LogP contribution in [0.25, 0.3) is 0 Å². The average Bonchev–Trinajstić information content (AvgIpc) is 2.66.